The number of carbonyl (C=O) groups excluding carboxylic acids is 1. The Morgan fingerprint density at radius 1 is 1.32 bits per heavy atom. The van der Waals surface area contributed by atoms with E-state index in [9.17, 15) is 19.7 Å². The molecule has 1 N–H and O–H groups in total. The zero-order chi connectivity index (χ0) is 19.4. The van der Waals surface area contributed by atoms with Crippen molar-refractivity contribution in [2.24, 2.45) is 0 Å². The van der Waals surface area contributed by atoms with Crippen molar-refractivity contribution >= 4 is 24.0 Å². The maximum Gasteiger partial charge on any atom is 0.285 e. The minimum atomic E-state index is -0.594. The van der Waals surface area contributed by atoms with Gasteiger partial charge in [0.2, 0.25) is 5.91 Å². The normalized spacial score (nSPS) is 16.2. The van der Waals surface area contributed by atoms with Gasteiger partial charge in [0, 0.05) is 37.3 Å². The average molecular weight is 409 g/mol. The van der Waals surface area contributed by atoms with Crippen LogP contribution in [0.25, 0.3) is 0 Å². The van der Waals surface area contributed by atoms with Gasteiger partial charge in [-0.1, -0.05) is 18.2 Å². The molecule has 2 heterocycles. The molecule has 28 heavy (non-hydrogen) atoms. The molecule has 1 aromatic heterocycles. The Kier molecular flexibility index (Phi) is 7.13. The first-order chi connectivity index (χ1) is 13.0. The first-order valence-electron chi connectivity index (χ1n) is 8.49. The maximum atomic E-state index is 12.9. The second kappa shape index (κ2) is 9.34. The Hall–Kier alpha value is -2.91. The van der Waals surface area contributed by atoms with Gasteiger partial charge in [0.15, 0.2) is 0 Å². The number of nitro groups is 1. The Morgan fingerprint density at radius 2 is 2.07 bits per heavy atom. The van der Waals surface area contributed by atoms with E-state index in [1.165, 1.54) is 0 Å². The van der Waals surface area contributed by atoms with E-state index in [-0.39, 0.29) is 36.6 Å². The third kappa shape index (κ3) is 4.49. The van der Waals surface area contributed by atoms with E-state index < -0.39 is 10.5 Å². The number of piperazine rings is 1. The molecule has 0 radical (unpaired) electrons. The van der Waals surface area contributed by atoms with Gasteiger partial charge in [0.25, 0.3) is 11.2 Å². The van der Waals surface area contributed by atoms with Crippen LogP contribution in [-0.2, 0) is 11.3 Å². The van der Waals surface area contributed by atoms with Crippen molar-refractivity contribution in [3.63, 3.8) is 0 Å². The minimum Gasteiger partial charge on any atom is -0.496 e. The van der Waals surface area contributed by atoms with Crippen LogP contribution in [0, 0.1) is 10.1 Å². The van der Waals surface area contributed by atoms with E-state index in [1.54, 1.807) is 12.0 Å². The van der Waals surface area contributed by atoms with E-state index in [0.717, 1.165) is 28.5 Å². The smallest absolute Gasteiger partial charge is 0.285 e. The van der Waals surface area contributed by atoms with Crippen molar-refractivity contribution in [2.75, 3.05) is 26.7 Å². The van der Waals surface area contributed by atoms with E-state index in [1.807, 2.05) is 24.3 Å². The summed E-state index contributed by atoms with van der Waals surface area (Å²) in [5.41, 5.74) is 0.175. The van der Waals surface area contributed by atoms with Gasteiger partial charge >= 0.3 is 0 Å². The molecular formula is C18H21ClN4O5. The van der Waals surface area contributed by atoms with Crippen LogP contribution in [0.15, 0.2) is 47.4 Å². The third-order valence-electron chi connectivity index (χ3n) is 4.55. The Morgan fingerprint density at radius 3 is 2.79 bits per heavy atom. The van der Waals surface area contributed by atoms with Crippen LogP contribution in [0.2, 0.25) is 0 Å². The van der Waals surface area contributed by atoms with Crippen LogP contribution < -0.4 is 15.6 Å². The quantitative estimate of drug-likeness (QED) is 0.591. The average Bonchev–Trinajstić information content (AvgIpc) is 2.69. The van der Waals surface area contributed by atoms with Crippen LogP contribution in [0.3, 0.4) is 0 Å². The number of nitrogens with zero attached hydrogens (tertiary/aromatic N) is 3. The molecule has 1 unspecified atom stereocenters. The summed E-state index contributed by atoms with van der Waals surface area (Å²) in [6.45, 7) is 1.38. The lowest BCUT2D eigenvalue weighted by atomic mass is 10.0. The standard InChI is InChI=1S/C18H20N4O5.ClH/c1-27-16-5-3-2-4-14(16)15-10-19-8-9-21(15)18(24)12-20-11-13(22(25)26)6-7-17(20)23;/h2-7,11,15,19H,8-10,12H2,1H3;1H. The number of pyridine rings is 1. The van der Waals surface area contributed by atoms with Gasteiger partial charge in [0.1, 0.15) is 12.3 Å². The zero-order valence-electron chi connectivity index (χ0n) is 15.2. The number of halogens is 1. The largest absolute Gasteiger partial charge is 0.496 e. The molecular weight excluding hydrogens is 388 g/mol. The number of nitrogens with one attached hydrogen (secondary N) is 1. The predicted octanol–water partition coefficient (Wildman–Crippen LogP) is 1.36. The van der Waals surface area contributed by atoms with Crippen LogP contribution >= 0.6 is 12.4 Å². The van der Waals surface area contributed by atoms with E-state index >= 15 is 0 Å². The lowest BCUT2D eigenvalue weighted by molar-refractivity contribution is -0.385. The van der Waals surface area contributed by atoms with Crippen LogP contribution in [0.1, 0.15) is 11.6 Å². The second-order valence-corrected chi connectivity index (χ2v) is 6.16. The van der Waals surface area contributed by atoms with Crippen molar-refractivity contribution < 1.29 is 14.5 Å². The lowest BCUT2D eigenvalue weighted by Gasteiger charge is -2.37. The van der Waals surface area contributed by atoms with Gasteiger partial charge in [-0.3, -0.25) is 24.3 Å². The number of ether oxygens (including phenoxy) is 1. The monoisotopic (exact) mass is 408 g/mol. The Bertz CT molecular complexity index is 917. The fourth-order valence-electron chi connectivity index (χ4n) is 3.21. The van der Waals surface area contributed by atoms with Gasteiger partial charge in [0.05, 0.1) is 24.3 Å². The molecule has 1 aromatic carbocycles. The van der Waals surface area contributed by atoms with Gasteiger partial charge in [-0.05, 0) is 6.07 Å². The summed E-state index contributed by atoms with van der Waals surface area (Å²) in [5, 5.41) is 14.2. The number of hydrogen-bond acceptors (Lipinski definition) is 6. The fourth-order valence-corrected chi connectivity index (χ4v) is 3.21. The molecule has 1 saturated heterocycles. The van der Waals surface area contributed by atoms with Crippen LogP contribution in [0.5, 0.6) is 5.75 Å². The number of aromatic nitrogens is 1. The van der Waals surface area contributed by atoms with Crippen molar-refractivity contribution in [3.05, 3.63) is 68.6 Å². The highest BCUT2D eigenvalue weighted by Gasteiger charge is 2.30. The maximum absolute atomic E-state index is 12.9. The van der Waals surface area contributed by atoms with Crippen LogP contribution in [0.4, 0.5) is 5.69 Å². The van der Waals surface area contributed by atoms with Crippen LogP contribution in [-0.4, -0.2) is 47.0 Å². The summed E-state index contributed by atoms with van der Waals surface area (Å²) in [6, 6.07) is 9.44. The molecule has 3 rings (SSSR count). The topological polar surface area (TPSA) is 107 Å². The first kappa shape index (κ1) is 21.4. The van der Waals surface area contributed by atoms with Gasteiger partial charge in [-0.2, -0.15) is 0 Å². The van der Waals surface area contributed by atoms with Gasteiger partial charge in [-0.25, -0.2) is 0 Å². The molecule has 1 aliphatic heterocycles. The molecule has 0 bridgehead atoms. The molecule has 2 aromatic rings. The number of carbonyl (C=O) groups is 1. The molecule has 0 aliphatic carbocycles. The number of benzene rings is 1. The van der Waals surface area contributed by atoms with E-state index in [0.29, 0.717) is 25.4 Å². The van der Waals surface area contributed by atoms with Gasteiger partial charge in [-0.15, -0.1) is 12.4 Å². The molecule has 9 nitrogen and oxygen atoms in total. The first-order valence-corrected chi connectivity index (χ1v) is 8.49. The molecule has 1 aliphatic rings. The summed E-state index contributed by atoms with van der Waals surface area (Å²) in [5.74, 6) is 0.395. The molecule has 1 atom stereocenters. The third-order valence-corrected chi connectivity index (χ3v) is 4.55. The summed E-state index contributed by atoms with van der Waals surface area (Å²) in [6.07, 6.45) is 1.10. The van der Waals surface area contributed by atoms with E-state index in [2.05, 4.69) is 5.32 Å². The molecule has 1 fully saturated rings. The van der Waals surface area contributed by atoms with Gasteiger partial charge < -0.3 is 15.0 Å². The molecule has 0 spiro atoms. The highest BCUT2D eigenvalue weighted by Crippen LogP contribution is 2.30. The highest BCUT2D eigenvalue weighted by atomic mass is 35.5. The van der Waals surface area contributed by atoms with Crippen molar-refractivity contribution in [1.29, 1.82) is 0 Å². The minimum absolute atomic E-state index is 0. The predicted molar refractivity (Wildman–Crippen MR) is 105 cm³/mol. The summed E-state index contributed by atoms with van der Waals surface area (Å²) in [7, 11) is 1.57. The van der Waals surface area contributed by atoms with Crippen molar-refractivity contribution in [3.8, 4) is 5.75 Å². The summed E-state index contributed by atoms with van der Waals surface area (Å²) < 4.78 is 6.48. The molecule has 10 heteroatoms. The number of methoxy groups -OCH3 is 1. The summed E-state index contributed by atoms with van der Waals surface area (Å²) in [4.78, 5) is 36.9. The molecule has 0 saturated carbocycles. The number of hydrogen-bond donors (Lipinski definition) is 1. The Balaban J connectivity index is 0.00000280. The van der Waals surface area contributed by atoms with E-state index in [4.69, 9.17) is 4.74 Å². The lowest BCUT2D eigenvalue weighted by Crippen LogP contribution is -2.50. The number of amides is 1. The molecule has 150 valence electrons. The van der Waals surface area contributed by atoms with Crippen molar-refractivity contribution in [1.82, 2.24) is 14.8 Å². The number of rotatable bonds is 5. The summed E-state index contributed by atoms with van der Waals surface area (Å²) >= 11 is 0. The van der Waals surface area contributed by atoms with Crippen molar-refractivity contribution in [2.45, 2.75) is 12.6 Å². The fraction of sp³-hybridized carbons (Fsp3) is 0.333. The zero-order valence-corrected chi connectivity index (χ0v) is 16.1. The highest BCUT2D eigenvalue weighted by molar-refractivity contribution is 5.85. The SMILES string of the molecule is COc1ccccc1C1CNCCN1C(=O)Cn1cc([N+](=O)[O-])ccc1=O.Cl. The number of para-hydroxylation sites is 1. The Labute approximate surface area is 167 Å². The molecule has 1 amide bonds. The second-order valence-electron chi connectivity index (χ2n) is 6.16.